The summed E-state index contributed by atoms with van der Waals surface area (Å²) in [6.45, 7) is 5.88. The Morgan fingerprint density at radius 1 is 1.67 bits per heavy atom. The molecule has 0 aromatic rings. The molecule has 0 saturated heterocycles. The molecule has 0 radical (unpaired) electrons. The van der Waals surface area contributed by atoms with Gasteiger partial charge in [0.25, 0.3) is 0 Å². The molecule has 0 spiro atoms. The number of rotatable bonds is 2. The number of hydrogen-bond acceptors (Lipinski definition) is 4. The van der Waals surface area contributed by atoms with Crippen LogP contribution in [0.4, 0.5) is 0 Å². The molecular formula is C8H12N2O2. The van der Waals surface area contributed by atoms with Crippen LogP contribution in [0.2, 0.25) is 0 Å². The van der Waals surface area contributed by atoms with Gasteiger partial charge in [0.15, 0.2) is 5.70 Å². The average Bonchev–Trinajstić information content (AvgIpc) is 2.31. The smallest absolute Gasteiger partial charge is 0.358 e. The molecule has 4 nitrogen and oxygen atoms in total. The molecule has 66 valence electrons. The highest BCUT2D eigenvalue weighted by atomic mass is 16.5. The lowest BCUT2D eigenvalue weighted by Crippen LogP contribution is -2.10. The van der Waals surface area contributed by atoms with Gasteiger partial charge in [0, 0.05) is 0 Å². The third-order valence-electron chi connectivity index (χ3n) is 1.39. The van der Waals surface area contributed by atoms with E-state index >= 15 is 0 Å². The maximum absolute atomic E-state index is 11.1. The van der Waals surface area contributed by atoms with Crippen LogP contribution >= 0.6 is 0 Å². The zero-order chi connectivity index (χ0) is 9.19. The summed E-state index contributed by atoms with van der Waals surface area (Å²) in [6.07, 6.45) is 1.70. The Kier molecular flexibility index (Phi) is 2.26. The minimum atomic E-state index is -0.396. The lowest BCUT2D eigenvalue weighted by Gasteiger charge is -2.04. The van der Waals surface area contributed by atoms with Gasteiger partial charge in [0.1, 0.15) is 0 Å². The van der Waals surface area contributed by atoms with Crippen molar-refractivity contribution in [2.45, 2.75) is 26.3 Å². The van der Waals surface area contributed by atoms with Gasteiger partial charge in [-0.1, -0.05) is 0 Å². The van der Waals surface area contributed by atoms with Crippen molar-refractivity contribution in [3.63, 3.8) is 0 Å². The quantitative estimate of drug-likeness (QED) is 0.589. The van der Waals surface area contributed by atoms with Gasteiger partial charge >= 0.3 is 5.97 Å². The van der Waals surface area contributed by atoms with E-state index in [1.54, 1.807) is 13.0 Å². The Bertz CT molecular complexity index is 254. The molecule has 0 amide bonds. The summed E-state index contributed by atoms with van der Waals surface area (Å²) in [5.41, 5.74) is -0.0518. The summed E-state index contributed by atoms with van der Waals surface area (Å²) in [5, 5.41) is 7.60. The topological polar surface area (TPSA) is 51.0 Å². The second kappa shape index (κ2) is 3.05. The van der Waals surface area contributed by atoms with E-state index in [1.165, 1.54) is 0 Å². The third-order valence-corrected chi connectivity index (χ3v) is 1.39. The molecule has 0 atom stereocenters. The molecule has 0 aromatic carbocycles. The second-order valence-electron chi connectivity index (χ2n) is 3.10. The molecular weight excluding hydrogens is 156 g/mol. The highest BCUT2D eigenvalue weighted by molar-refractivity contribution is 5.88. The molecule has 1 heterocycles. The van der Waals surface area contributed by atoms with Crippen molar-refractivity contribution in [1.29, 1.82) is 0 Å². The van der Waals surface area contributed by atoms with E-state index in [-0.39, 0.29) is 5.54 Å². The van der Waals surface area contributed by atoms with Gasteiger partial charge in [-0.05, 0) is 26.8 Å². The molecule has 1 rings (SSSR count). The SMILES string of the molecule is CCOC(=O)C1=CC(C)(C)N=N1. The second-order valence-corrected chi connectivity index (χ2v) is 3.10. The minimum absolute atomic E-state index is 0.307. The first-order valence-electron chi connectivity index (χ1n) is 3.88. The Hall–Kier alpha value is -1.19. The fourth-order valence-electron chi connectivity index (χ4n) is 0.880. The highest BCUT2D eigenvalue weighted by Crippen LogP contribution is 2.23. The number of azo groups is 1. The van der Waals surface area contributed by atoms with Crippen molar-refractivity contribution in [2.24, 2.45) is 10.2 Å². The van der Waals surface area contributed by atoms with Gasteiger partial charge < -0.3 is 4.74 Å². The van der Waals surface area contributed by atoms with Crippen molar-refractivity contribution >= 4 is 5.97 Å². The van der Waals surface area contributed by atoms with Crippen LogP contribution in [-0.4, -0.2) is 18.1 Å². The number of ether oxygens (including phenoxy) is 1. The van der Waals surface area contributed by atoms with Gasteiger partial charge in [0.2, 0.25) is 0 Å². The molecule has 0 aliphatic carbocycles. The maximum atomic E-state index is 11.1. The number of carbonyl (C=O) groups is 1. The molecule has 1 aliphatic heterocycles. The molecule has 0 fully saturated rings. The van der Waals surface area contributed by atoms with E-state index in [9.17, 15) is 4.79 Å². The molecule has 0 saturated carbocycles. The first-order valence-corrected chi connectivity index (χ1v) is 3.88. The van der Waals surface area contributed by atoms with Crippen molar-refractivity contribution in [1.82, 2.24) is 0 Å². The van der Waals surface area contributed by atoms with E-state index in [0.29, 0.717) is 12.3 Å². The first kappa shape index (κ1) is 8.90. The molecule has 0 N–H and O–H groups in total. The van der Waals surface area contributed by atoms with Crippen LogP contribution in [0.15, 0.2) is 22.0 Å². The Balaban J connectivity index is 2.68. The molecule has 12 heavy (non-hydrogen) atoms. The van der Waals surface area contributed by atoms with E-state index in [1.807, 2.05) is 13.8 Å². The van der Waals surface area contributed by atoms with E-state index in [4.69, 9.17) is 4.74 Å². The molecule has 0 unspecified atom stereocenters. The molecule has 0 bridgehead atoms. The predicted molar refractivity (Wildman–Crippen MR) is 43.7 cm³/mol. The number of nitrogens with zero attached hydrogens (tertiary/aromatic N) is 2. The Morgan fingerprint density at radius 3 is 2.75 bits per heavy atom. The van der Waals surface area contributed by atoms with Gasteiger partial charge in [-0.15, -0.1) is 5.11 Å². The largest absolute Gasteiger partial charge is 0.461 e. The van der Waals surface area contributed by atoms with Crippen molar-refractivity contribution < 1.29 is 9.53 Å². The van der Waals surface area contributed by atoms with E-state index in [2.05, 4.69) is 10.2 Å². The first-order chi connectivity index (χ1) is 5.55. The van der Waals surface area contributed by atoms with Crippen molar-refractivity contribution in [3.8, 4) is 0 Å². The summed E-state index contributed by atoms with van der Waals surface area (Å²) < 4.78 is 4.76. The van der Waals surface area contributed by atoms with E-state index in [0.717, 1.165) is 0 Å². The van der Waals surface area contributed by atoms with Crippen LogP contribution in [0.5, 0.6) is 0 Å². The zero-order valence-electron chi connectivity index (χ0n) is 7.50. The zero-order valence-corrected chi connectivity index (χ0v) is 7.50. The highest BCUT2D eigenvalue weighted by Gasteiger charge is 2.24. The van der Waals surface area contributed by atoms with Gasteiger partial charge in [-0.2, -0.15) is 5.11 Å². The van der Waals surface area contributed by atoms with Gasteiger partial charge in [0.05, 0.1) is 12.1 Å². The lowest BCUT2D eigenvalue weighted by atomic mass is 10.1. The minimum Gasteiger partial charge on any atom is -0.461 e. The normalized spacial score (nSPS) is 19.1. The maximum Gasteiger partial charge on any atom is 0.358 e. The molecule has 1 aliphatic rings. The van der Waals surface area contributed by atoms with Crippen molar-refractivity contribution in [3.05, 3.63) is 11.8 Å². The van der Waals surface area contributed by atoms with Gasteiger partial charge in [-0.25, -0.2) is 4.79 Å². The number of carbonyl (C=O) groups excluding carboxylic acids is 1. The number of esters is 1. The predicted octanol–water partition coefficient (Wildman–Crippen LogP) is 1.68. The number of hydrogen-bond donors (Lipinski definition) is 0. The molecule has 4 heteroatoms. The van der Waals surface area contributed by atoms with Crippen LogP contribution in [-0.2, 0) is 9.53 Å². The molecule has 0 aromatic heterocycles. The summed E-state index contributed by atoms with van der Waals surface area (Å²) in [6, 6.07) is 0. The Morgan fingerprint density at radius 2 is 2.33 bits per heavy atom. The summed E-state index contributed by atoms with van der Waals surface area (Å²) in [4.78, 5) is 11.1. The van der Waals surface area contributed by atoms with Crippen LogP contribution in [0.1, 0.15) is 20.8 Å². The summed E-state index contributed by atoms with van der Waals surface area (Å²) in [5.74, 6) is -0.396. The standard InChI is InChI=1S/C8H12N2O2/c1-4-12-7(11)6-5-8(2,3)10-9-6/h5H,4H2,1-3H3. The summed E-state index contributed by atoms with van der Waals surface area (Å²) in [7, 11) is 0. The Labute approximate surface area is 71.3 Å². The van der Waals surface area contributed by atoms with Crippen molar-refractivity contribution in [2.75, 3.05) is 6.61 Å². The van der Waals surface area contributed by atoms with Crippen LogP contribution in [0.3, 0.4) is 0 Å². The third kappa shape index (κ3) is 1.90. The van der Waals surface area contributed by atoms with Gasteiger partial charge in [-0.3, -0.25) is 0 Å². The fourth-order valence-corrected chi connectivity index (χ4v) is 0.880. The van der Waals surface area contributed by atoms with Crippen LogP contribution < -0.4 is 0 Å². The van der Waals surface area contributed by atoms with E-state index < -0.39 is 5.97 Å². The summed E-state index contributed by atoms with van der Waals surface area (Å²) >= 11 is 0. The lowest BCUT2D eigenvalue weighted by molar-refractivity contribution is -0.138. The average molecular weight is 168 g/mol. The van der Waals surface area contributed by atoms with Crippen LogP contribution in [0.25, 0.3) is 0 Å². The van der Waals surface area contributed by atoms with Crippen LogP contribution in [0, 0.1) is 0 Å². The monoisotopic (exact) mass is 168 g/mol. The fraction of sp³-hybridized carbons (Fsp3) is 0.625.